The molecule has 0 aliphatic carbocycles. The second-order valence-electron chi connectivity index (χ2n) is 5.87. The van der Waals surface area contributed by atoms with Crippen LogP contribution < -0.4 is 5.32 Å². The molecule has 4 nitrogen and oxygen atoms in total. The summed E-state index contributed by atoms with van der Waals surface area (Å²) < 4.78 is 15.4. The fraction of sp³-hybridized carbons (Fsp3) is 0.100. The maximum absolute atomic E-state index is 13.6. The highest BCUT2D eigenvalue weighted by molar-refractivity contribution is 7.20. The van der Waals surface area contributed by atoms with Crippen molar-refractivity contribution in [1.29, 1.82) is 0 Å². The molecule has 2 aromatic carbocycles. The molecule has 4 aromatic rings. The van der Waals surface area contributed by atoms with Crippen molar-refractivity contribution in [2.75, 3.05) is 6.54 Å². The lowest BCUT2D eigenvalue weighted by molar-refractivity contribution is 0.0949. The van der Waals surface area contributed by atoms with Crippen LogP contribution >= 0.6 is 11.3 Å². The van der Waals surface area contributed by atoms with Gasteiger partial charge in [0, 0.05) is 18.9 Å². The third kappa shape index (κ3) is 3.36. The van der Waals surface area contributed by atoms with Gasteiger partial charge in [-0.05, 0) is 23.6 Å². The molecular formula is C20H16FN3OS. The van der Waals surface area contributed by atoms with Crippen LogP contribution in [0.4, 0.5) is 4.39 Å². The number of amides is 1. The van der Waals surface area contributed by atoms with Crippen molar-refractivity contribution in [3.05, 3.63) is 84.1 Å². The van der Waals surface area contributed by atoms with E-state index < -0.39 is 0 Å². The number of imidazole rings is 1. The van der Waals surface area contributed by atoms with E-state index in [1.165, 1.54) is 17.4 Å². The first-order valence-electron chi connectivity index (χ1n) is 8.26. The van der Waals surface area contributed by atoms with Gasteiger partial charge in [-0.3, -0.25) is 9.20 Å². The summed E-state index contributed by atoms with van der Waals surface area (Å²) in [6.07, 6.45) is 4.13. The van der Waals surface area contributed by atoms with E-state index in [9.17, 15) is 9.18 Å². The van der Waals surface area contributed by atoms with Crippen LogP contribution in [0.25, 0.3) is 15.4 Å². The minimum atomic E-state index is -0.252. The Labute approximate surface area is 153 Å². The molecule has 26 heavy (non-hydrogen) atoms. The molecule has 0 radical (unpaired) electrons. The predicted octanol–water partition coefficient (Wildman–Crippen LogP) is 4.17. The first-order chi connectivity index (χ1) is 12.7. The molecule has 0 saturated carbocycles. The minimum absolute atomic E-state index is 0.251. The Kier molecular flexibility index (Phi) is 4.50. The van der Waals surface area contributed by atoms with Gasteiger partial charge >= 0.3 is 0 Å². The average Bonchev–Trinajstić information content (AvgIpc) is 3.23. The van der Waals surface area contributed by atoms with Gasteiger partial charge in [-0.2, -0.15) is 0 Å². The van der Waals surface area contributed by atoms with E-state index in [1.54, 1.807) is 24.4 Å². The smallest absolute Gasteiger partial charge is 0.271 e. The van der Waals surface area contributed by atoms with E-state index in [0.29, 0.717) is 24.2 Å². The summed E-state index contributed by atoms with van der Waals surface area (Å²) in [6.45, 7) is 0.361. The van der Waals surface area contributed by atoms with Gasteiger partial charge < -0.3 is 5.32 Å². The van der Waals surface area contributed by atoms with E-state index in [1.807, 2.05) is 40.9 Å². The van der Waals surface area contributed by atoms with Crippen molar-refractivity contribution in [2.24, 2.45) is 0 Å². The standard InChI is InChI=1S/C20H16FN3OS/c21-16-9-5-4-6-14(16)10-11-22-19(25)17-12-24-13-18(26-20(24)23-17)15-7-2-1-3-8-15/h1-9,12-13H,10-11H2,(H,22,25). The minimum Gasteiger partial charge on any atom is -0.350 e. The molecule has 0 aliphatic rings. The summed E-state index contributed by atoms with van der Waals surface area (Å²) in [4.78, 5) is 18.5. The van der Waals surface area contributed by atoms with Crippen LogP contribution in [0.15, 0.2) is 67.0 Å². The molecule has 1 amide bonds. The Morgan fingerprint density at radius 2 is 1.85 bits per heavy atom. The number of thiazole rings is 1. The van der Waals surface area contributed by atoms with Gasteiger partial charge in [0.05, 0.1) is 4.88 Å². The first kappa shape index (κ1) is 16.5. The SMILES string of the molecule is O=C(NCCc1ccccc1F)c1cn2cc(-c3ccccc3)sc2n1. The molecule has 4 rings (SSSR count). The number of carbonyl (C=O) groups is 1. The van der Waals surface area contributed by atoms with Crippen molar-refractivity contribution in [3.63, 3.8) is 0 Å². The molecule has 0 saturated heterocycles. The molecular weight excluding hydrogens is 349 g/mol. The molecule has 0 bridgehead atoms. The van der Waals surface area contributed by atoms with E-state index in [4.69, 9.17) is 0 Å². The Morgan fingerprint density at radius 3 is 2.62 bits per heavy atom. The number of rotatable bonds is 5. The van der Waals surface area contributed by atoms with Crippen LogP contribution in [0.2, 0.25) is 0 Å². The topological polar surface area (TPSA) is 46.4 Å². The number of aromatic nitrogens is 2. The zero-order chi connectivity index (χ0) is 17.9. The Morgan fingerprint density at radius 1 is 1.08 bits per heavy atom. The lowest BCUT2D eigenvalue weighted by Crippen LogP contribution is -2.26. The number of halogens is 1. The first-order valence-corrected chi connectivity index (χ1v) is 9.08. The van der Waals surface area contributed by atoms with Gasteiger partial charge in [0.15, 0.2) is 4.96 Å². The number of nitrogens with zero attached hydrogens (tertiary/aromatic N) is 2. The Balaban J connectivity index is 1.43. The molecule has 1 N–H and O–H groups in total. The van der Waals surface area contributed by atoms with E-state index in [-0.39, 0.29) is 11.7 Å². The number of benzene rings is 2. The summed E-state index contributed by atoms with van der Waals surface area (Å²) in [5.41, 5.74) is 2.08. The fourth-order valence-corrected chi connectivity index (χ4v) is 3.72. The Bertz CT molecular complexity index is 1020. The third-order valence-corrected chi connectivity index (χ3v) is 5.13. The molecule has 0 atom stereocenters. The average molecular weight is 365 g/mol. The number of hydrogen-bond donors (Lipinski definition) is 1. The molecule has 0 fully saturated rings. The number of fused-ring (bicyclic) bond motifs is 1. The van der Waals surface area contributed by atoms with Gasteiger partial charge in [-0.25, -0.2) is 9.37 Å². The molecule has 0 spiro atoms. The Hall–Kier alpha value is -2.99. The quantitative estimate of drug-likeness (QED) is 0.577. The van der Waals surface area contributed by atoms with Crippen LogP contribution in [0.3, 0.4) is 0 Å². The summed E-state index contributed by atoms with van der Waals surface area (Å²) in [7, 11) is 0. The highest BCUT2D eigenvalue weighted by Crippen LogP contribution is 2.28. The fourth-order valence-electron chi connectivity index (χ4n) is 2.74. The van der Waals surface area contributed by atoms with Gasteiger partial charge in [0.2, 0.25) is 0 Å². The lowest BCUT2D eigenvalue weighted by Gasteiger charge is -2.04. The molecule has 130 valence electrons. The van der Waals surface area contributed by atoms with Crippen LogP contribution in [0.1, 0.15) is 16.1 Å². The second kappa shape index (κ2) is 7.09. The molecule has 2 heterocycles. The van der Waals surface area contributed by atoms with Crippen LogP contribution in [0, 0.1) is 5.82 Å². The maximum Gasteiger partial charge on any atom is 0.271 e. The number of nitrogens with one attached hydrogen (secondary N) is 1. The van der Waals surface area contributed by atoms with Crippen molar-refractivity contribution < 1.29 is 9.18 Å². The van der Waals surface area contributed by atoms with E-state index >= 15 is 0 Å². The summed E-state index contributed by atoms with van der Waals surface area (Å²) in [6, 6.07) is 16.6. The van der Waals surface area contributed by atoms with Crippen molar-refractivity contribution >= 4 is 22.2 Å². The summed E-state index contributed by atoms with van der Waals surface area (Å²) in [5, 5.41) is 2.79. The van der Waals surface area contributed by atoms with E-state index in [2.05, 4.69) is 10.3 Å². The van der Waals surface area contributed by atoms with Crippen molar-refractivity contribution in [2.45, 2.75) is 6.42 Å². The van der Waals surface area contributed by atoms with Crippen molar-refractivity contribution in [1.82, 2.24) is 14.7 Å². The van der Waals surface area contributed by atoms with Gasteiger partial charge in [0.25, 0.3) is 5.91 Å². The monoisotopic (exact) mass is 365 g/mol. The second-order valence-corrected chi connectivity index (χ2v) is 6.88. The molecule has 0 aliphatic heterocycles. The van der Waals surface area contributed by atoms with Crippen LogP contribution in [0.5, 0.6) is 0 Å². The molecule has 2 aromatic heterocycles. The summed E-state index contributed by atoms with van der Waals surface area (Å²) >= 11 is 1.53. The number of carbonyl (C=O) groups excluding carboxylic acids is 1. The summed E-state index contributed by atoms with van der Waals surface area (Å²) in [5.74, 6) is -0.504. The zero-order valence-corrected chi connectivity index (χ0v) is 14.7. The maximum atomic E-state index is 13.6. The molecule has 0 unspecified atom stereocenters. The normalized spacial score (nSPS) is 11.0. The van der Waals surface area contributed by atoms with Gasteiger partial charge in [-0.15, -0.1) is 0 Å². The van der Waals surface area contributed by atoms with Gasteiger partial charge in [-0.1, -0.05) is 59.9 Å². The molecule has 6 heteroatoms. The zero-order valence-electron chi connectivity index (χ0n) is 13.9. The van der Waals surface area contributed by atoms with E-state index in [0.717, 1.165) is 15.4 Å². The van der Waals surface area contributed by atoms with Crippen molar-refractivity contribution in [3.8, 4) is 10.4 Å². The predicted molar refractivity (Wildman–Crippen MR) is 101 cm³/mol. The number of hydrogen-bond acceptors (Lipinski definition) is 3. The van der Waals surface area contributed by atoms with Gasteiger partial charge in [0.1, 0.15) is 11.5 Å². The third-order valence-electron chi connectivity index (χ3n) is 4.08. The highest BCUT2D eigenvalue weighted by atomic mass is 32.1. The largest absolute Gasteiger partial charge is 0.350 e. The highest BCUT2D eigenvalue weighted by Gasteiger charge is 2.13. The van der Waals surface area contributed by atoms with Crippen LogP contribution in [-0.4, -0.2) is 21.8 Å². The lowest BCUT2D eigenvalue weighted by atomic mass is 10.1. The van der Waals surface area contributed by atoms with Crippen LogP contribution in [-0.2, 0) is 6.42 Å².